The van der Waals surface area contributed by atoms with E-state index in [1.807, 2.05) is 50.2 Å². The fraction of sp³-hybridized carbons (Fsp3) is 0.391. The predicted octanol–water partition coefficient (Wildman–Crippen LogP) is 4.49. The van der Waals surface area contributed by atoms with Gasteiger partial charge in [0, 0.05) is 24.3 Å². The molecule has 6 heteroatoms. The van der Waals surface area contributed by atoms with Crippen LogP contribution in [0.5, 0.6) is 11.5 Å². The van der Waals surface area contributed by atoms with Crippen molar-refractivity contribution in [2.24, 2.45) is 0 Å². The molecule has 0 spiro atoms. The van der Waals surface area contributed by atoms with Crippen LogP contribution in [0.4, 0.5) is 5.69 Å². The Labute approximate surface area is 178 Å². The maximum absolute atomic E-state index is 12.3. The highest BCUT2D eigenvalue weighted by atomic mass is 32.1. The lowest BCUT2D eigenvalue weighted by Gasteiger charge is -2.29. The van der Waals surface area contributed by atoms with Crippen LogP contribution in [0.2, 0.25) is 0 Å². The second kappa shape index (κ2) is 9.74. The van der Waals surface area contributed by atoms with Gasteiger partial charge < -0.3 is 19.7 Å². The number of hydrogen-bond donors (Lipinski definition) is 1. The third-order valence-electron chi connectivity index (χ3n) is 5.20. The van der Waals surface area contributed by atoms with Gasteiger partial charge in [0.25, 0.3) is 5.91 Å². The molecule has 1 amide bonds. The molecule has 0 aliphatic carbocycles. The number of carbonyl (C=O) groups is 1. The van der Waals surface area contributed by atoms with Crippen LogP contribution in [-0.2, 0) is 4.79 Å². The lowest BCUT2D eigenvalue weighted by molar-refractivity contribution is -0.118. The molecular formula is C23H28N2O3S. The summed E-state index contributed by atoms with van der Waals surface area (Å²) in [6.45, 7) is 5.95. The van der Waals surface area contributed by atoms with E-state index in [1.165, 1.54) is 24.8 Å². The number of likely N-dealkylation sites (tertiary alicyclic amines) is 1. The summed E-state index contributed by atoms with van der Waals surface area (Å²) >= 11 is 5.66. The number of thiocarbonyl (C=S) groups is 1. The number of ether oxygens (including phenoxy) is 2. The molecule has 1 aliphatic rings. The smallest absolute Gasteiger partial charge is 0.262 e. The molecule has 1 saturated heterocycles. The van der Waals surface area contributed by atoms with Gasteiger partial charge in [-0.05, 0) is 74.6 Å². The number of anilines is 1. The van der Waals surface area contributed by atoms with Crippen LogP contribution >= 0.6 is 12.2 Å². The Morgan fingerprint density at radius 3 is 2.48 bits per heavy atom. The zero-order valence-electron chi connectivity index (χ0n) is 17.3. The number of benzene rings is 2. The quantitative estimate of drug-likeness (QED) is 0.709. The summed E-state index contributed by atoms with van der Waals surface area (Å²) in [7, 11) is 1.59. The minimum absolute atomic E-state index is 0.0980. The highest BCUT2D eigenvalue weighted by molar-refractivity contribution is 7.80. The highest BCUT2D eigenvalue weighted by Gasteiger charge is 2.17. The van der Waals surface area contributed by atoms with Gasteiger partial charge in [0.2, 0.25) is 0 Å². The lowest BCUT2D eigenvalue weighted by atomic mass is 10.1. The molecule has 0 atom stereocenters. The van der Waals surface area contributed by atoms with E-state index in [2.05, 4.69) is 10.2 Å². The van der Waals surface area contributed by atoms with Crippen molar-refractivity contribution in [3.63, 3.8) is 0 Å². The summed E-state index contributed by atoms with van der Waals surface area (Å²) in [4.78, 5) is 15.3. The third kappa shape index (κ3) is 5.48. The van der Waals surface area contributed by atoms with E-state index in [9.17, 15) is 4.79 Å². The largest absolute Gasteiger partial charge is 0.493 e. The number of rotatable bonds is 6. The van der Waals surface area contributed by atoms with E-state index in [1.54, 1.807) is 7.11 Å². The van der Waals surface area contributed by atoms with Crippen LogP contribution in [0.1, 0.15) is 36.0 Å². The van der Waals surface area contributed by atoms with Crippen molar-refractivity contribution >= 4 is 28.8 Å². The van der Waals surface area contributed by atoms with Crippen molar-refractivity contribution in [3.8, 4) is 11.5 Å². The molecule has 0 bridgehead atoms. The van der Waals surface area contributed by atoms with E-state index in [0.717, 1.165) is 34.9 Å². The molecule has 3 rings (SSSR count). The van der Waals surface area contributed by atoms with E-state index >= 15 is 0 Å². The first-order valence-electron chi connectivity index (χ1n) is 9.95. The Morgan fingerprint density at radius 2 is 1.79 bits per heavy atom. The Hall–Kier alpha value is -2.60. The predicted molar refractivity (Wildman–Crippen MR) is 120 cm³/mol. The van der Waals surface area contributed by atoms with Crippen LogP contribution < -0.4 is 14.8 Å². The van der Waals surface area contributed by atoms with E-state index < -0.39 is 0 Å². The standard InChI is InChI=1S/C23H28N2O3S/c1-16-7-9-19(13-17(16)2)24-22(26)15-28-20-10-8-18(14-21(20)27-3)23(29)25-11-5-4-6-12-25/h7-10,13-14H,4-6,11-12,15H2,1-3H3,(H,24,26). The SMILES string of the molecule is COc1cc(C(=S)N2CCCCC2)ccc1OCC(=O)Nc1ccc(C)c(C)c1. The highest BCUT2D eigenvalue weighted by Crippen LogP contribution is 2.29. The van der Waals surface area contributed by atoms with Gasteiger partial charge in [-0.15, -0.1) is 0 Å². The molecule has 29 heavy (non-hydrogen) atoms. The van der Waals surface area contributed by atoms with Crippen molar-refractivity contribution in [2.45, 2.75) is 33.1 Å². The van der Waals surface area contributed by atoms with Gasteiger partial charge in [-0.1, -0.05) is 18.3 Å². The maximum Gasteiger partial charge on any atom is 0.262 e. The Bertz CT molecular complexity index is 892. The average molecular weight is 413 g/mol. The second-order valence-electron chi connectivity index (χ2n) is 7.35. The fourth-order valence-electron chi connectivity index (χ4n) is 3.36. The molecule has 2 aromatic rings. The zero-order valence-corrected chi connectivity index (χ0v) is 18.1. The van der Waals surface area contributed by atoms with Gasteiger partial charge >= 0.3 is 0 Å². The van der Waals surface area contributed by atoms with E-state index in [0.29, 0.717) is 11.5 Å². The summed E-state index contributed by atoms with van der Waals surface area (Å²) < 4.78 is 11.2. The van der Waals surface area contributed by atoms with Crippen molar-refractivity contribution in [2.75, 3.05) is 32.1 Å². The molecule has 0 aromatic heterocycles. The molecule has 0 radical (unpaired) electrons. The van der Waals surface area contributed by atoms with Crippen LogP contribution in [-0.4, -0.2) is 42.6 Å². The Balaban J connectivity index is 1.62. The number of piperidine rings is 1. The van der Waals surface area contributed by atoms with Crippen LogP contribution in [0.25, 0.3) is 0 Å². The molecule has 1 aliphatic heterocycles. The number of carbonyl (C=O) groups excluding carboxylic acids is 1. The third-order valence-corrected chi connectivity index (χ3v) is 5.70. The topological polar surface area (TPSA) is 50.8 Å². The second-order valence-corrected chi connectivity index (χ2v) is 7.74. The lowest BCUT2D eigenvalue weighted by Crippen LogP contribution is -2.34. The average Bonchev–Trinajstić information content (AvgIpc) is 2.75. The first kappa shape index (κ1) is 21.1. The summed E-state index contributed by atoms with van der Waals surface area (Å²) in [5.41, 5.74) is 4.01. The minimum atomic E-state index is -0.219. The number of methoxy groups -OCH3 is 1. The van der Waals surface area contributed by atoms with E-state index in [4.69, 9.17) is 21.7 Å². The monoisotopic (exact) mass is 412 g/mol. The molecule has 1 heterocycles. The van der Waals surface area contributed by atoms with Gasteiger partial charge in [-0.2, -0.15) is 0 Å². The van der Waals surface area contributed by atoms with Crippen molar-refractivity contribution in [3.05, 3.63) is 53.1 Å². The number of hydrogen-bond acceptors (Lipinski definition) is 4. The normalized spacial score (nSPS) is 13.7. The van der Waals surface area contributed by atoms with Crippen LogP contribution in [0.15, 0.2) is 36.4 Å². The molecule has 5 nitrogen and oxygen atoms in total. The zero-order chi connectivity index (χ0) is 20.8. The van der Waals surface area contributed by atoms with Crippen molar-refractivity contribution < 1.29 is 14.3 Å². The molecule has 0 unspecified atom stereocenters. The number of amides is 1. The molecule has 154 valence electrons. The van der Waals surface area contributed by atoms with E-state index in [-0.39, 0.29) is 12.5 Å². The fourth-order valence-corrected chi connectivity index (χ4v) is 3.67. The van der Waals surface area contributed by atoms with Gasteiger partial charge in [-0.25, -0.2) is 0 Å². The molecule has 1 N–H and O–H groups in total. The first-order chi connectivity index (χ1) is 14.0. The van der Waals surface area contributed by atoms with Gasteiger partial charge in [0.15, 0.2) is 18.1 Å². The number of nitrogens with zero attached hydrogens (tertiary/aromatic N) is 1. The summed E-state index contributed by atoms with van der Waals surface area (Å²) in [6, 6.07) is 11.4. The maximum atomic E-state index is 12.3. The first-order valence-corrected chi connectivity index (χ1v) is 10.4. The molecular weight excluding hydrogens is 384 g/mol. The number of aryl methyl sites for hydroxylation is 2. The number of nitrogens with one attached hydrogen (secondary N) is 1. The molecule has 1 fully saturated rings. The van der Waals surface area contributed by atoms with Gasteiger partial charge in [0.05, 0.1) is 7.11 Å². The summed E-state index contributed by atoms with van der Waals surface area (Å²) in [5, 5.41) is 2.86. The summed E-state index contributed by atoms with van der Waals surface area (Å²) in [6.07, 6.45) is 3.61. The van der Waals surface area contributed by atoms with Gasteiger partial charge in [-0.3, -0.25) is 4.79 Å². The van der Waals surface area contributed by atoms with Crippen LogP contribution in [0.3, 0.4) is 0 Å². The van der Waals surface area contributed by atoms with Gasteiger partial charge in [0.1, 0.15) is 4.99 Å². The molecule has 2 aromatic carbocycles. The Morgan fingerprint density at radius 1 is 1.03 bits per heavy atom. The minimum Gasteiger partial charge on any atom is -0.493 e. The van der Waals surface area contributed by atoms with Crippen molar-refractivity contribution in [1.29, 1.82) is 0 Å². The summed E-state index contributed by atoms with van der Waals surface area (Å²) in [5.74, 6) is 0.872. The van der Waals surface area contributed by atoms with Crippen molar-refractivity contribution in [1.82, 2.24) is 4.90 Å². The Kier molecular flexibility index (Phi) is 7.09. The van der Waals surface area contributed by atoms with Crippen LogP contribution in [0, 0.1) is 13.8 Å². The molecule has 0 saturated carbocycles.